The Morgan fingerprint density at radius 2 is 2.37 bits per heavy atom. The van der Waals surface area contributed by atoms with Crippen molar-refractivity contribution in [1.82, 2.24) is 5.32 Å². The highest BCUT2D eigenvalue weighted by molar-refractivity contribution is 6.30. The van der Waals surface area contributed by atoms with Gasteiger partial charge in [-0.3, -0.25) is 0 Å². The third-order valence-electron chi connectivity index (χ3n) is 3.52. The van der Waals surface area contributed by atoms with Gasteiger partial charge in [0.2, 0.25) is 0 Å². The van der Waals surface area contributed by atoms with Crippen molar-refractivity contribution in [3.05, 3.63) is 34.6 Å². The van der Waals surface area contributed by atoms with Crippen molar-refractivity contribution < 1.29 is 9.13 Å². The minimum atomic E-state index is -0.189. The fraction of sp³-hybridized carbons (Fsp3) is 0.600. The van der Waals surface area contributed by atoms with Crippen molar-refractivity contribution >= 4 is 11.6 Å². The lowest BCUT2D eigenvalue weighted by atomic mass is 9.99. The van der Waals surface area contributed by atoms with Gasteiger partial charge in [0.25, 0.3) is 0 Å². The molecule has 2 atom stereocenters. The van der Waals surface area contributed by atoms with Gasteiger partial charge in [-0.1, -0.05) is 18.5 Å². The fourth-order valence-electron chi connectivity index (χ4n) is 2.52. The predicted molar refractivity (Wildman–Crippen MR) is 76.2 cm³/mol. The lowest BCUT2D eigenvalue weighted by Gasteiger charge is -2.24. The van der Waals surface area contributed by atoms with Crippen LogP contribution in [0.3, 0.4) is 0 Å². The van der Waals surface area contributed by atoms with Gasteiger partial charge in [-0.2, -0.15) is 0 Å². The Morgan fingerprint density at radius 3 is 3.05 bits per heavy atom. The van der Waals surface area contributed by atoms with E-state index < -0.39 is 0 Å². The number of benzene rings is 1. The van der Waals surface area contributed by atoms with Crippen LogP contribution in [0.15, 0.2) is 18.2 Å². The van der Waals surface area contributed by atoms with Gasteiger partial charge < -0.3 is 10.1 Å². The minimum Gasteiger partial charge on any atom is -0.377 e. The van der Waals surface area contributed by atoms with Gasteiger partial charge in [0.15, 0.2) is 0 Å². The third-order valence-corrected chi connectivity index (χ3v) is 3.75. The van der Waals surface area contributed by atoms with E-state index in [9.17, 15) is 4.39 Å². The van der Waals surface area contributed by atoms with Crippen molar-refractivity contribution in [2.75, 3.05) is 13.2 Å². The maximum atomic E-state index is 13.8. The number of nitrogens with one attached hydrogen (secondary N) is 1. The molecule has 1 aliphatic heterocycles. The van der Waals surface area contributed by atoms with Crippen LogP contribution in [0.1, 0.15) is 31.7 Å². The first-order valence-corrected chi connectivity index (χ1v) is 7.37. The quantitative estimate of drug-likeness (QED) is 0.863. The second-order valence-corrected chi connectivity index (χ2v) is 5.49. The van der Waals surface area contributed by atoms with E-state index in [0.29, 0.717) is 17.0 Å². The minimum absolute atomic E-state index is 0.162. The summed E-state index contributed by atoms with van der Waals surface area (Å²) in [5.41, 5.74) is 0.664. The molecule has 106 valence electrons. The Balaban J connectivity index is 2.07. The summed E-state index contributed by atoms with van der Waals surface area (Å²) >= 11 is 5.95. The Hall–Kier alpha value is -0.640. The van der Waals surface area contributed by atoms with E-state index in [-0.39, 0.29) is 18.0 Å². The normalized spacial score (nSPS) is 20.7. The van der Waals surface area contributed by atoms with Crippen LogP contribution in [-0.2, 0) is 11.2 Å². The SMILES string of the molecule is CCCNC(Cc1cc(Cl)ccc1F)C1CCCO1. The van der Waals surface area contributed by atoms with Crippen molar-refractivity contribution in [1.29, 1.82) is 0 Å². The van der Waals surface area contributed by atoms with Gasteiger partial charge in [-0.25, -0.2) is 4.39 Å². The van der Waals surface area contributed by atoms with Crippen LogP contribution in [0.5, 0.6) is 0 Å². The first kappa shape index (κ1) is 14.8. The van der Waals surface area contributed by atoms with Crippen LogP contribution in [-0.4, -0.2) is 25.3 Å². The molecule has 1 N–H and O–H groups in total. The van der Waals surface area contributed by atoms with Gasteiger partial charge in [0, 0.05) is 17.7 Å². The molecule has 19 heavy (non-hydrogen) atoms. The lowest BCUT2D eigenvalue weighted by molar-refractivity contribution is 0.0781. The number of hydrogen-bond acceptors (Lipinski definition) is 2. The Labute approximate surface area is 119 Å². The second-order valence-electron chi connectivity index (χ2n) is 5.05. The Bertz CT molecular complexity index is 407. The summed E-state index contributed by atoms with van der Waals surface area (Å²) in [4.78, 5) is 0. The molecule has 0 saturated carbocycles. The van der Waals surface area contributed by atoms with Crippen LogP contribution in [0.4, 0.5) is 4.39 Å². The molecular formula is C15H21ClFNO. The van der Waals surface area contributed by atoms with Crippen molar-refractivity contribution in [2.24, 2.45) is 0 Å². The van der Waals surface area contributed by atoms with Crippen molar-refractivity contribution in [3.8, 4) is 0 Å². The largest absolute Gasteiger partial charge is 0.377 e. The molecule has 2 rings (SSSR count). The zero-order valence-corrected chi connectivity index (χ0v) is 12.0. The molecule has 1 heterocycles. The van der Waals surface area contributed by atoms with E-state index >= 15 is 0 Å². The number of ether oxygens (including phenoxy) is 1. The van der Waals surface area contributed by atoms with Crippen molar-refractivity contribution in [3.63, 3.8) is 0 Å². The van der Waals surface area contributed by atoms with E-state index in [0.717, 1.165) is 32.4 Å². The molecule has 0 radical (unpaired) electrons. The van der Waals surface area contributed by atoms with E-state index in [1.807, 2.05) is 0 Å². The Kier molecular flexibility index (Phi) is 5.61. The molecule has 1 aromatic rings. The summed E-state index contributed by atoms with van der Waals surface area (Å²) in [6.07, 6.45) is 4.00. The summed E-state index contributed by atoms with van der Waals surface area (Å²) < 4.78 is 19.5. The van der Waals surface area contributed by atoms with E-state index in [4.69, 9.17) is 16.3 Å². The maximum absolute atomic E-state index is 13.8. The predicted octanol–water partition coefficient (Wildman–Crippen LogP) is 3.57. The summed E-state index contributed by atoms with van der Waals surface area (Å²) in [5, 5.41) is 4.05. The number of rotatable bonds is 6. The van der Waals surface area contributed by atoms with Crippen LogP contribution in [0.2, 0.25) is 5.02 Å². The van der Waals surface area contributed by atoms with Gasteiger partial charge in [0.05, 0.1) is 6.10 Å². The van der Waals surface area contributed by atoms with Gasteiger partial charge in [-0.05, 0) is 56.0 Å². The van der Waals surface area contributed by atoms with Gasteiger partial charge in [0.1, 0.15) is 5.82 Å². The molecular weight excluding hydrogens is 265 g/mol. The van der Waals surface area contributed by atoms with E-state index in [1.54, 1.807) is 12.1 Å². The zero-order valence-electron chi connectivity index (χ0n) is 11.3. The molecule has 1 fully saturated rings. The average Bonchev–Trinajstić information content (AvgIpc) is 2.92. The third kappa shape index (κ3) is 4.16. The van der Waals surface area contributed by atoms with Crippen LogP contribution in [0.25, 0.3) is 0 Å². The topological polar surface area (TPSA) is 21.3 Å². The number of hydrogen-bond donors (Lipinski definition) is 1. The standard InChI is InChI=1S/C15H21ClFNO/c1-2-7-18-14(15-4-3-8-19-15)10-11-9-12(16)5-6-13(11)17/h5-6,9,14-15,18H,2-4,7-8,10H2,1H3. The zero-order chi connectivity index (χ0) is 13.7. The molecule has 1 aromatic carbocycles. The molecule has 2 nitrogen and oxygen atoms in total. The monoisotopic (exact) mass is 285 g/mol. The summed E-state index contributed by atoms with van der Waals surface area (Å²) in [6, 6.07) is 4.90. The average molecular weight is 286 g/mol. The first-order valence-electron chi connectivity index (χ1n) is 6.99. The molecule has 0 spiro atoms. The molecule has 0 aliphatic carbocycles. The van der Waals surface area contributed by atoms with Gasteiger partial charge in [-0.15, -0.1) is 0 Å². The van der Waals surface area contributed by atoms with Gasteiger partial charge >= 0.3 is 0 Å². The van der Waals surface area contributed by atoms with Crippen LogP contribution < -0.4 is 5.32 Å². The highest BCUT2D eigenvalue weighted by atomic mass is 35.5. The summed E-state index contributed by atoms with van der Waals surface area (Å²) in [5.74, 6) is -0.189. The second kappa shape index (κ2) is 7.22. The van der Waals surface area contributed by atoms with Crippen LogP contribution in [0, 0.1) is 5.82 Å². The number of halogens is 2. The molecule has 0 aromatic heterocycles. The van der Waals surface area contributed by atoms with Crippen LogP contribution >= 0.6 is 11.6 Å². The van der Waals surface area contributed by atoms with Crippen molar-refractivity contribution in [2.45, 2.75) is 44.8 Å². The Morgan fingerprint density at radius 1 is 1.53 bits per heavy atom. The summed E-state index contributed by atoms with van der Waals surface area (Å²) in [7, 11) is 0. The van der Waals surface area contributed by atoms with E-state index in [1.165, 1.54) is 6.07 Å². The molecule has 0 bridgehead atoms. The lowest BCUT2D eigenvalue weighted by Crippen LogP contribution is -2.41. The molecule has 1 aliphatic rings. The highest BCUT2D eigenvalue weighted by Gasteiger charge is 2.26. The molecule has 0 amide bonds. The molecule has 1 saturated heterocycles. The fourth-order valence-corrected chi connectivity index (χ4v) is 2.72. The first-order chi connectivity index (χ1) is 9.20. The smallest absolute Gasteiger partial charge is 0.126 e. The molecule has 2 unspecified atom stereocenters. The molecule has 4 heteroatoms. The van der Waals surface area contributed by atoms with E-state index in [2.05, 4.69) is 12.2 Å². The maximum Gasteiger partial charge on any atom is 0.126 e. The highest BCUT2D eigenvalue weighted by Crippen LogP contribution is 2.22. The summed E-state index contributed by atoms with van der Waals surface area (Å²) in [6.45, 7) is 3.86.